The van der Waals surface area contributed by atoms with Gasteiger partial charge in [-0.25, -0.2) is 0 Å². The Bertz CT molecular complexity index is 332. The Kier molecular flexibility index (Phi) is 3.78. The number of rotatable bonds is 3. The Labute approximate surface area is 97.7 Å². The second-order valence-electron chi connectivity index (χ2n) is 4.79. The van der Waals surface area contributed by atoms with Gasteiger partial charge in [-0.15, -0.1) is 0 Å². The van der Waals surface area contributed by atoms with Crippen LogP contribution in [0.25, 0.3) is 0 Å². The minimum atomic E-state index is 0.733. The van der Waals surface area contributed by atoms with Gasteiger partial charge in [-0.05, 0) is 32.0 Å². The zero-order valence-electron chi connectivity index (χ0n) is 10.0. The van der Waals surface area contributed by atoms with Crippen LogP contribution in [0.15, 0.2) is 18.3 Å². The standard InChI is InChI=1S/C13H21N3/c1-16(13-5-3-2-4-6-13)10-12-9-11(14)7-8-15-12/h7-9,13H,2-6,10H2,1H3,(H2,14,15). The molecule has 16 heavy (non-hydrogen) atoms. The predicted octanol–water partition coefficient (Wildman–Crippen LogP) is 2.43. The van der Waals surface area contributed by atoms with Crippen molar-refractivity contribution in [2.24, 2.45) is 0 Å². The summed E-state index contributed by atoms with van der Waals surface area (Å²) >= 11 is 0. The van der Waals surface area contributed by atoms with E-state index in [4.69, 9.17) is 5.73 Å². The van der Waals surface area contributed by atoms with Crippen LogP contribution in [-0.4, -0.2) is 23.0 Å². The molecule has 0 bridgehead atoms. The van der Waals surface area contributed by atoms with Crippen molar-refractivity contribution in [1.82, 2.24) is 9.88 Å². The van der Waals surface area contributed by atoms with E-state index in [1.807, 2.05) is 12.1 Å². The Morgan fingerprint density at radius 3 is 2.81 bits per heavy atom. The molecule has 0 saturated heterocycles. The summed E-state index contributed by atoms with van der Waals surface area (Å²) in [4.78, 5) is 6.77. The van der Waals surface area contributed by atoms with Gasteiger partial charge in [0, 0.05) is 24.5 Å². The van der Waals surface area contributed by atoms with Gasteiger partial charge < -0.3 is 5.73 Å². The summed E-state index contributed by atoms with van der Waals surface area (Å²) in [5, 5.41) is 0. The number of aromatic nitrogens is 1. The van der Waals surface area contributed by atoms with Crippen LogP contribution in [0.5, 0.6) is 0 Å². The van der Waals surface area contributed by atoms with Crippen molar-refractivity contribution in [3.05, 3.63) is 24.0 Å². The van der Waals surface area contributed by atoms with E-state index in [1.54, 1.807) is 6.20 Å². The summed E-state index contributed by atoms with van der Waals surface area (Å²) in [7, 11) is 2.20. The number of pyridine rings is 1. The van der Waals surface area contributed by atoms with Crippen molar-refractivity contribution >= 4 is 5.69 Å². The summed E-state index contributed by atoms with van der Waals surface area (Å²) in [6.07, 6.45) is 8.61. The van der Waals surface area contributed by atoms with Gasteiger partial charge >= 0.3 is 0 Å². The van der Waals surface area contributed by atoms with E-state index in [0.29, 0.717) is 0 Å². The molecule has 2 N–H and O–H groups in total. The molecule has 1 aliphatic rings. The maximum Gasteiger partial charge on any atom is 0.0564 e. The molecule has 0 atom stereocenters. The lowest BCUT2D eigenvalue weighted by molar-refractivity contribution is 0.183. The first-order chi connectivity index (χ1) is 7.75. The van der Waals surface area contributed by atoms with Gasteiger partial charge in [0.1, 0.15) is 0 Å². The Morgan fingerprint density at radius 1 is 1.38 bits per heavy atom. The van der Waals surface area contributed by atoms with Crippen LogP contribution in [0.2, 0.25) is 0 Å². The smallest absolute Gasteiger partial charge is 0.0564 e. The van der Waals surface area contributed by atoms with E-state index >= 15 is 0 Å². The Hall–Kier alpha value is -1.09. The fourth-order valence-electron chi connectivity index (χ4n) is 2.49. The SMILES string of the molecule is CN(Cc1cc(N)ccn1)C1CCCCC1. The molecule has 0 aromatic carbocycles. The lowest BCUT2D eigenvalue weighted by atomic mass is 9.94. The highest BCUT2D eigenvalue weighted by molar-refractivity contribution is 5.37. The minimum absolute atomic E-state index is 0.733. The highest BCUT2D eigenvalue weighted by Crippen LogP contribution is 2.22. The highest BCUT2D eigenvalue weighted by Gasteiger charge is 2.18. The maximum atomic E-state index is 5.75. The van der Waals surface area contributed by atoms with Gasteiger partial charge in [-0.3, -0.25) is 9.88 Å². The van der Waals surface area contributed by atoms with Crippen LogP contribution in [-0.2, 0) is 6.54 Å². The molecule has 88 valence electrons. The van der Waals surface area contributed by atoms with Crippen LogP contribution >= 0.6 is 0 Å². The zero-order valence-corrected chi connectivity index (χ0v) is 10.0. The summed E-state index contributed by atoms with van der Waals surface area (Å²) in [6, 6.07) is 4.54. The van der Waals surface area contributed by atoms with Crippen LogP contribution in [0, 0.1) is 0 Å². The van der Waals surface area contributed by atoms with Gasteiger partial charge in [0.15, 0.2) is 0 Å². The number of hydrogen-bond acceptors (Lipinski definition) is 3. The first-order valence-electron chi connectivity index (χ1n) is 6.16. The normalized spacial score (nSPS) is 17.9. The summed E-state index contributed by atoms with van der Waals surface area (Å²) in [6.45, 7) is 0.912. The molecule has 1 aromatic rings. The minimum Gasteiger partial charge on any atom is -0.399 e. The van der Waals surface area contributed by atoms with E-state index < -0.39 is 0 Å². The number of nitrogens with zero attached hydrogens (tertiary/aromatic N) is 2. The fraction of sp³-hybridized carbons (Fsp3) is 0.615. The zero-order chi connectivity index (χ0) is 11.4. The van der Waals surface area contributed by atoms with E-state index in [1.165, 1.54) is 32.1 Å². The number of anilines is 1. The predicted molar refractivity (Wildman–Crippen MR) is 67.0 cm³/mol. The van der Waals surface area contributed by atoms with Crippen molar-refractivity contribution < 1.29 is 0 Å². The third-order valence-corrected chi connectivity index (χ3v) is 3.45. The molecule has 1 fully saturated rings. The van der Waals surface area contributed by atoms with Crippen LogP contribution in [0.1, 0.15) is 37.8 Å². The van der Waals surface area contributed by atoms with Crippen LogP contribution < -0.4 is 5.73 Å². The van der Waals surface area contributed by atoms with E-state index in [9.17, 15) is 0 Å². The van der Waals surface area contributed by atoms with Crippen molar-refractivity contribution in [3.8, 4) is 0 Å². The summed E-state index contributed by atoms with van der Waals surface area (Å²) in [5.74, 6) is 0. The molecular weight excluding hydrogens is 198 g/mol. The maximum absolute atomic E-state index is 5.75. The van der Waals surface area contributed by atoms with Gasteiger partial charge in [0.05, 0.1) is 5.69 Å². The van der Waals surface area contributed by atoms with Gasteiger partial charge in [-0.1, -0.05) is 19.3 Å². The molecule has 0 amide bonds. The number of nitrogen functional groups attached to an aromatic ring is 1. The molecule has 1 aromatic heterocycles. The average molecular weight is 219 g/mol. The van der Waals surface area contributed by atoms with Crippen molar-refractivity contribution in [3.63, 3.8) is 0 Å². The lowest BCUT2D eigenvalue weighted by Crippen LogP contribution is -2.33. The second kappa shape index (κ2) is 5.30. The Balaban J connectivity index is 1.93. The first kappa shape index (κ1) is 11.4. The van der Waals surface area contributed by atoms with Crippen molar-refractivity contribution in [1.29, 1.82) is 0 Å². The molecule has 1 saturated carbocycles. The quantitative estimate of drug-likeness (QED) is 0.849. The van der Waals surface area contributed by atoms with Crippen molar-refractivity contribution in [2.75, 3.05) is 12.8 Å². The van der Waals surface area contributed by atoms with Gasteiger partial charge in [-0.2, -0.15) is 0 Å². The average Bonchev–Trinajstić information content (AvgIpc) is 2.30. The fourth-order valence-corrected chi connectivity index (χ4v) is 2.49. The molecule has 3 heteroatoms. The van der Waals surface area contributed by atoms with Crippen LogP contribution in [0.4, 0.5) is 5.69 Å². The molecule has 0 unspecified atom stereocenters. The van der Waals surface area contributed by atoms with E-state index in [2.05, 4.69) is 16.9 Å². The molecule has 0 aliphatic heterocycles. The largest absolute Gasteiger partial charge is 0.399 e. The van der Waals surface area contributed by atoms with E-state index in [-0.39, 0.29) is 0 Å². The molecule has 1 aliphatic carbocycles. The van der Waals surface area contributed by atoms with Crippen molar-refractivity contribution in [2.45, 2.75) is 44.7 Å². The molecule has 0 spiro atoms. The second-order valence-corrected chi connectivity index (χ2v) is 4.79. The monoisotopic (exact) mass is 219 g/mol. The topological polar surface area (TPSA) is 42.1 Å². The molecule has 0 radical (unpaired) electrons. The first-order valence-corrected chi connectivity index (χ1v) is 6.16. The van der Waals surface area contributed by atoms with Gasteiger partial charge in [0.25, 0.3) is 0 Å². The molecule has 2 rings (SSSR count). The van der Waals surface area contributed by atoms with Crippen LogP contribution in [0.3, 0.4) is 0 Å². The highest BCUT2D eigenvalue weighted by atomic mass is 15.1. The third-order valence-electron chi connectivity index (χ3n) is 3.45. The third kappa shape index (κ3) is 2.95. The van der Waals surface area contributed by atoms with E-state index in [0.717, 1.165) is 24.0 Å². The molecular formula is C13H21N3. The molecule has 1 heterocycles. The summed E-state index contributed by atoms with van der Waals surface area (Å²) in [5.41, 5.74) is 7.64. The molecule has 3 nitrogen and oxygen atoms in total. The lowest BCUT2D eigenvalue weighted by Gasteiger charge is -2.30. The number of nitrogens with two attached hydrogens (primary N) is 1. The Morgan fingerprint density at radius 2 is 2.12 bits per heavy atom. The summed E-state index contributed by atoms with van der Waals surface area (Å²) < 4.78 is 0. The van der Waals surface area contributed by atoms with Gasteiger partial charge in [0.2, 0.25) is 0 Å². The number of hydrogen-bond donors (Lipinski definition) is 1.